The fraction of sp³-hybridized carbons (Fsp3) is 0.226. The molecule has 0 N–H and O–H groups in total. The Hall–Kier alpha value is -3.12. The highest BCUT2D eigenvalue weighted by Gasteiger charge is 2.16. The average Bonchev–Trinajstić information content (AvgIpc) is 2.72. The number of benzene rings is 4. The van der Waals surface area contributed by atoms with Crippen LogP contribution in [0.5, 0.6) is 0 Å². The van der Waals surface area contributed by atoms with Gasteiger partial charge in [0, 0.05) is 5.92 Å². The molecule has 0 atom stereocenters. The third-order valence-electron chi connectivity index (χ3n) is 5.60. The minimum absolute atomic E-state index is 0.293. The summed E-state index contributed by atoms with van der Waals surface area (Å²) < 4.78 is 0. The van der Waals surface area contributed by atoms with Crippen LogP contribution in [0.2, 0.25) is 0 Å². The third-order valence-corrected chi connectivity index (χ3v) is 5.60. The van der Waals surface area contributed by atoms with Crippen LogP contribution >= 0.6 is 0 Å². The van der Waals surface area contributed by atoms with E-state index in [1.165, 1.54) is 50.1 Å². The molecule has 0 aliphatic heterocycles. The maximum Gasteiger partial charge on any atom is 0.0339 e. The molecule has 31 heavy (non-hydrogen) atoms. The van der Waals surface area contributed by atoms with E-state index in [-0.39, 0.29) is 0 Å². The maximum absolute atomic E-state index is 2.25. The molecule has 0 bridgehead atoms. The summed E-state index contributed by atoms with van der Waals surface area (Å²) in [6.07, 6.45) is 0. The highest BCUT2D eigenvalue weighted by Crippen LogP contribution is 2.32. The van der Waals surface area contributed by atoms with Gasteiger partial charge >= 0.3 is 0 Å². The van der Waals surface area contributed by atoms with E-state index in [0.717, 1.165) is 0 Å². The fourth-order valence-corrected chi connectivity index (χ4v) is 4.06. The van der Waals surface area contributed by atoms with Crippen LogP contribution in [0.4, 0.5) is 0 Å². The second-order valence-electron chi connectivity index (χ2n) is 8.83. The molecule has 0 heteroatoms. The smallest absolute Gasteiger partial charge is 0.0339 e. The van der Waals surface area contributed by atoms with Gasteiger partial charge in [-0.3, -0.25) is 0 Å². The first-order valence-corrected chi connectivity index (χ1v) is 11.1. The van der Waals surface area contributed by atoms with Crippen LogP contribution in [-0.4, -0.2) is 0 Å². The van der Waals surface area contributed by atoms with Gasteiger partial charge in [0.05, 0.1) is 0 Å². The van der Waals surface area contributed by atoms with E-state index in [9.17, 15) is 0 Å². The molecule has 0 saturated heterocycles. The van der Waals surface area contributed by atoms with Crippen LogP contribution in [0, 0.1) is 41.5 Å². The molecule has 0 amide bonds. The van der Waals surface area contributed by atoms with Gasteiger partial charge in [0.1, 0.15) is 0 Å². The van der Waals surface area contributed by atoms with Crippen molar-refractivity contribution in [2.75, 3.05) is 0 Å². The topological polar surface area (TPSA) is 0 Å². The molecular formula is C31H34. The van der Waals surface area contributed by atoms with E-state index in [4.69, 9.17) is 0 Å². The first kappa shape index (κ1) is 22.6. The Balaban J connectivity index is 0.000000254. The number of rotatable bonds is 3. The zero-order valence-corrected chi connectivity index (χ0v) is 19.7. The van der Waals surface area contributed by atoms with Crippen molar-refractivity contribution in [1.29, 1.82) is 0 Å². The molecule has 4 aromatic rings. The SMILES string of the molecule is Cc1cc(C)cc(C)c1.Cc1ccc(C(c2ccc(C)cc2)c2ccc(C)cc2)cc1. The predicted octanol–water partition coefficient (Wildman–Crippen LogP) is 8.40. The molecule has 0 heterocycles. The van der Waals surface area contributed by atoms with Crippen LogP contribution in [0.15, 0.2) is 91.0 Å². The van der Waals surface area contributed by atoms with Gasteiger partial charge in [-0.2, -0.15) is 0 Å². The summed E-state index contributed by atoms with van der Waals surface area (Å²) in [4.78, 5) is 0. The Labute approximate surface area is 188 Å². The molecule has 4 aromatic carbocycles. The zero-order valence-electron chi connectivity index (χ0n) is 19.7. The van der Waals surface area contributed by atoms with Crippen LogP contribution < -0.4 is 0 Å². The number of hydrogen-bond acceptors (Lipinski definition) is 0. The van der Waals surface area contributed by atoms with Crippen molar-refractivity contribution >= 4 is 0 Å². The Morgan fingerprint density at radius 2 is 0.548 bits per heavy atom. The summed E-state index contributed by atoms with van der Waals surface area (Å²) in [6.45, 7) is 12.8. The molecule has 0 radical (unpaired) electrons. The van der Waals surface area contributed by atoms with Gasteiger partial charge in [0.25, 0.3) is 0 Å². The van der Waals surface area contributed by atoms with E-state index in [1.807, 2.05) is 0 Å². The average molecular weight is 407 g/mol. The van der Waals surface area contributed by atoms with Gasteiger partial charge in [0.15, 0.2) is 0 Å². The molecule has 0 nitrogen and oxygen atoms in total. The summed E-state index contributed by atoms with van der Waals surface area (Å²) >= 11 is 0. The van der Waals surface area contributed by atoms with Crippen LogP contribution in [0.3, 0.4) is 0 Å². The van der Waals surface area contributed by atoms with Crippen molar-refractivity contribution in [2.24, 2.45) is 0 Å². The lowest BCUT2D eigenvalue weighted by molar-refractivity contribution is 0.973. The Morgan fingerprint density at radius 1 is 0.323 bits per heavy atom. The summed E-state index contributed by atoms with van der Waals surface area (Å²) in [5.41, 5.74) is 12.0. The quantitative estimate of drug-likeness (QED) is 0.300. The molecule has 4 rings (SSSR count). The lowest BCUT2D eigenvalue weighted by Gasteiger charge is -2.19. The molecule has 0 aliphatic carbocycles. The Kier molecular flexibility index (Phi) is 7.47. The van der Waals surface area contributed by atoms with Crippen molar-refractivity contribution in [3.63, 3.8) is 0 Å². The first-order chi connectivity index (χ1) is 14.8. The summed E-state index contributed by atoms with van der Waals surface area (Å²) in [7, 11) is 0. The summed E-state index contributed by atoms with van der Waals surface area (Å²) in [5, 5.41) is 0. The van der Waals surface area contributed by atoms with Gasteiger partial charge in [-0.25, -0.2) is 0 Å². The third kappa shape index (κ3) is 6.43. The first-order valence-electron chi connectivity index (χ1n) is 11.1. The van der Waals surface area contributed by atoms with Crippen molar-refractivity contribution in [3.8, 4) is 0 Å². The number of aryl methyl sites for hydroxylation is 6. The lowest BCUT2D eigenvalue weighted by atomic mass is 9.84. The van der Waals surface area contributed by atoms with Gasteiger partial charge in [-0.1, -0.05) is 124 Å². The largest absolute Gasteiger partial charge is 0.0590 e. The second-order valence-corrected chi connectivity index (χ2v) is 8.83. The molecule has 158 valence electrons. The number of hydrogen-bond donors (Lipinski definition) is 0. The highest BCUT2D eigenvalue weighted by atomic mass is 14.2. The predicted molar refractivity (Wildman–Crippen MR) is 135 cm³/mol. The van der Waals surface area contributed by atoms with E-state index >= 15 is 0 Å². The minimum atomic E-state index is 0.293. The highest BCUT2D eigenvalue weighted by molar-refractivity contribution is 5.44. The van der Waals surface area contributed by atoms with E-state index < -0.39 is 0 Å². The second kappa shape index (κ2) is 10.3. The molecule has 0 spiro atoms. The van der Waals surface area contributed by atoms with E-state index in [1.54, 1.807) is 0 Å². The fourth-order valence-electron chi connectivity index (χ4n) is 4.06. The van der Waals surface area contributed by atoms with Gasteiger partial charge in [-0.15, -0.1) is 0 Å². The van der Waals surface area contributed by atoms with Crippen LogP contribution in [0.1, 0.15) is 56.0 Å². The van der Waals surface area contributed by atoms with Gasteiger partial charge in [0.2, 0.25) is 0 Å². The maximum atomic E-state index is 2.25. The van der Waals surface area contributed by atoms with E-state index in [0.29, 0.717) is 5.92 Å². The van der Waals surface area contributed by atoms with Crippen molar-refractivity contribution in [3.05, 3.63) is 141 Å². The lowest BCUT2D eigenvalue weighted by Crippen LogP contribution is -2.03. The van der Waals surface area contributed by atoms with Crippen LogP contribution in [0.25, 0.3) is 0 Å². The molecule has 0 aromatic heterocycles. The normalized spacial score (nSPS) is 10.5. The summed E-state index contributed by atoms with van der Waals surface area (Å²) in [6, 6.07) is 33.3. The van der Waals surface area contributed by atoms with Crippen molar-refractivity contribution < 1.29 is 0 Å². The monoisotopic (exact) mass is 406 g/mol. The zero-order chi connectivity index (χ0) is 22.4. The molecule has 0 saturated carbocycles. The molecule has 0 aliphatic rings. The van der Waals surface area contributed by atoms with Crippen molar-refractivity contribution in [1.82, 2.24) is 0 Å². The molecular weight excluding hydrogens is 372 g/mol. The van der Waals surface area contributed by atoms with Crippen molar-refractivity contribution in [2.45, 2.75) is 47.5 Å². The summed E-state index contributed by atoms with van der Waals surface area (Å²) in [5.74, 6) is 0.293. The minimum Gasteiger partial charge on any atom is -0.0590 e. The van der Waals surface area contributed by atoms with Gasteiger partial charge < -0.3 is 0 Å². The van der Waals surface area contributed by atoms with E-state index in [2.05, 4.69) is 133 Å². The van der Waals surface area contributed by atoms with Gasteiger partial charge in [-0.05, 0) is 58.2 Å². The molecule has 0 fully saturated rings. The molecule has 0 unspecified atom stereocenters. The Bertz CT molecular complexity index is 940. The standard InChI is InChI=1S/C22H22.C9H12/c1-16-4-10-19(11-5-16)22(20-12-6-17(2)7-13-20)21-14-8-18(3)9-15-21;1-7-4-8(2)6-9(3)5-7/h4-15,22H,1-3H3;4-6H,1-3H3. The van der Waals surface area contributed by atoms with Crippen LogP contribution in [-0.2, 0) is 0 Å². The Morgan fingerprint density at radius 3 is 0.774 bits per heavy atom.